The summed E-state index contributed by atoms with van der Waals surface area (Å²) < 4.78 is 19.0. The van der Waals surface area contributed by atoms with Gasteiger partial charge in [-0.1, -0.05) is 36.4 Å². The van der Waals surface area contributed by atoms with Crippen LogP contribution in [0.25, 0.3) is 21.8 Å². The highest BCUT2D eigenvalue weighted by molar-refractivity contribution is 6.12. The van der Waals surface area contributed by atoms with Gasteiger partial charge in [0, 0.05) is 32.1 Å². The number of nitrogens with zero attached hydrogens (tertiary/aromatic N) is 1. The number of hydrogen-bond acceptors (Lipinski definition) is 3. The van der Waals surface area contributed by atoms with Crippen molar-refractivity contribution >= 4 is 32.0 Å². The topological polar surface area (TPSA) is 32.6 Å². The minimum Gasteiger partial charge on any atom is -0.378 e. The molecule has 1 atom stereocenters. The molecule has 0 aliphatic carbocycles. The van der Waals surface area contributed by atoms with Crippen molar-refractivity contribution in [3.05, 3.63) is 48.5 Å². The van der Waals surface area contributed by atoms with Gasteiger partial charge in [-0.05, 0) is 12.1 Å². The Morgan fingerprint density at radius 1 is 0.864 bits per heavy atom. The van der Waals surface area contributed by atoms with Crippen molar-refractivity contribution in [1.29, 1.82) is 0 Å². The van der Waals surface area contributed by atoms with E-state index in [0.717, 1.165) is 21.8 Å². The number of para-hydroxylation sites is 2. The summed E-state index contributed by atoms with van der Waals surface area (Å²) in [6.45, 7) is 0. The normalized spacial score (nSPS) is 13.8. The molecule has 0 aliphatic heterocycles. The average molecular weight is 312 g/mol. The zero-order valence-corrected chi connectivity index (χ0v) is 13.9. The lowest BCUT2D eigenvalue weighted by molar-refractivity contribution is -0.297. The second-order valence-corrected chi connectivity index (χ2v) is 5.55. The number of methoxy groups -OCH3 is 3. The molecule has 1 unspecified atom stereocenters. The monoisotopic (exact) mass is 312 g/mol. The summed E-state index contributed by atoms with van der Waals surface area (Å²) in [5.41, 5.74) is 1.56. The van der Waals surface area contributed by atoms with Gasteiger partial charge in [0.05, 0.1) is 21.3 Å². The van der Waals surface area contributed by atoms with Crippen LogP contribution in [0.1, 0.15) is 0 Å². The molecular formula is C17H18NO3Si. The molecule has 3 rings (SSSR count). The van der Waals surface area contributed by atoms with Crippen LogP contribution in [0.3, 0.4) is 0 Å². The minimum absolute atomic E-state index is 0.485. The van der Waals surface area contributed by atoms with E-state index in [1.807, 2.05) is 28.8 Å². The van der Waals surface area contributed by atoms with Gasteiger partial charge in [0.2, 0.25) is 0 Å². The van der Waals surface area contributed by atoms with Crippen molar-refractivity contribution in [2.24, 2.45) is 0 Å². The van der Waals surface area contributed by atoms with E-state index in [9.17, 15) is 0 Å². The zero-order valence-electron chi connectivity index (χ0n) is 12.9. The van der Waals surface area contributed by atoms with E-state index in [4.69, 9.17) is 14.2 Å². The third-order valence-electron chi connectivity index (χ3n) is 4.04. The summed E-state index contributed by atoms with van der Waals surface area (Å²) >= 11 is 0. The molecule has 0 saturated heterocycles. The van der Waals surface area contributed by atoms with Gasteiger partial charge >= 0.3 is 0 Å². The second-order valence-electron chi connectivity index (χ2n) is 5.02. The lowest BCUT2D eigenvalue weighted by Gasteiger charge is -2.37. The van der Waals surface area contributed by atoms with Gasteiger partial charge in [0.25, 0.3) is 5.91 Å². The molecule has 3 radical (unpaired) electrons. The maximum atomic E-state index is 5.77. The highest BCUT2D eigenvalue weighted by Crippen LogP contribution is 2.36. The first-order valence-electron chi connectivity index (χ1n) is 7.02. The van der Waals surface area contributed by atoms with Crippen molar-refractivity contribution in [2.45, 2.75) is 11.6 Å². The van der Waals surface area contributed by atoms with Gasteiger partial charge in [-0.2, -0.15) is 0 Å². The molecule has 1 aromatic heterocycles. The molecular weight excluding hydrogens is 294 g/mol. The fourth-order valence-corrected chi connectivity index (χ4v) is 3.37. The molecule has 0 N–H and O–H groups in total. The number of ether oxygens (including phenoxy) is 3. The maximum Gasteiger partial charge on any atom is 0.279 e. The Morgan fingerprint density at radius 2 is 1.32 bits per heavy atom. The highest BCUT2D eigenvalue weighted by atomic mass is 28.1. The molecule has 0 aliphatic rings. The molecule has 0 saturated carbocycles. The van der Waals surface area contributed by atoms with E-state index in [-0.39, 0.29) is 0 Å². The fourth-order valence-electron chi connectivity index (χ4n) is 3.00. The van der Waals surface area contributed by atoms with Crippen molar-refractivity contribution in [2.75, 3.05) is 21.3 Å². The first-order valence-corrected chi connectivity index (χ1v) is 7.60. The van der Waals surface area contributed by atoms with Gasteiger partial charge in [0.15, 0.2) is 0 Å². The summed E-state index contributed by atoms with van der Waals surface area (Å²) in [5.74, 6) is -1.12. The van der Waals surface area contributed by atoms with E-state index < -0.39 is 11.6 Å². The molecule has 0 fully saturated rings. The second kappa shape index (κ2) is 5.85. The quantitative estimate of drug-likeness (QED) is 0.536. The minimum atomic E-state index is -1.12. The molecule has 3 aromatic rings. The van der Waals surface area contributed by atoms with Crippen molar-refractivity contribution in [3.8, 4) is 0 Å². The number of hydrogen-bond donors (Lipinski definition) is 0. The fraction of sp³-hybridized carbons (Fsp3) is 0.294. The molecule has 113 valence electrons. The largest absolute Gasteiger partial charge is 0.378 e. The van der Waals surface area contributed by atoms with Crippen molar-refractivity contribution < 1.29 is 14.2 Å². The van der Waals surface area contributed by atoms with E-state index in [0.29, 0.717) is 0 Å². The summed E-state index contributed by atoms with van der Waals surface area (Å²) in [7, 11) is 8.41. The number of rotatable bonds is 5. The predicted octanol–water partition coefficient (Wildman–Crippen LogP) is 2.84. The Bertz CT molecular complexity index is 742. The summed E-state index contributed by atoms with van der Waals surface area (Å²) in [6.07, 6.45) is 0. The van der Waals surface area contributed by atoms with Gasteiger partial charge < -0.3 is 14.2 Å². The van der Waals surface area contributed by atoms with Crippen LogP contribution >= 0.6 is 0 Å². The first-order chi connectivity index (χ1) is 10.7. The molecule has 2 aromatic carbocycles. The standard InChI is InChI=1S/C17H18NO3Si/c1-19-16(22)17(20-2,21-3)18-14-10-6-4-8-12(14)13-9-5-7-11-15(13)18/h4-11,16H,1-3H3. The molecule has 1 heterocycles. The van der Waals surface area contributed by atoms with Crippen LogP contribution in [-0.2, 0) is 20.1 Å². The van der Waals surface area contributed by atoms with E-state index in [2.05, 4.69) is 34.5 Å². The predicted molar refractivity (Wildman–Crippen MR) is 88.0 cm³/mol. The number of fused-ring (bicyclic) bond motifs is 3. The molecule has 0 bridgehead atoms. The molecule has 4 nitrogen and oxygen atoms in total. The van der Waals surface area contributed by atoms with Gasteiger partial charge in [0.1, 0.15) is 5.73 Å². The highest BCUT2D eigenvalue weighted by Gasteiger charge is 2.41. The number of aromatic nitrogens is 1. The smallest absolute Gasteiger partial charge is 0.279 e. The van der Waals surface area contributed by atoms with Crippen LogP contribution < -0.4 is 0 Å². The first kappa shape index (κ1) is 15.2. The molecule has 22 heavy (non-hydrogen) atoms. The van der Waals surface area contributed by atoms with Crippen LogP contribution in [0.5, 0.6) is 0 Å². The Kier molecular flexibility index (Phi) is 4.05. The molecule has 0 amide bonds. The lowest BCUT2D eigenvalue weighted by Crippen LogP contribution is -2.49. The van der Waals surface area contributed by atoms with Gasteiger partial charge in [-0.15, -0.1) is 0 Å². The third kappa shape index (κ3) is 2.01. The summed E-state index contributed by atoms with van der Waals surface area (Å²) in [6, 6.07) is 16.4. The van der Waals surface area contributed by atoms with Crippen LogP contribution in [-0.4, -0.2) is 41.9 Å². The van der Waals surface area contributed by atoms with Crippen LogP contribution in [0.15, 0.2) is 48.5 Å². The lowest BCUT2D eigenvalue weighted by atomic mass is 10.2. The Balaban J connectivity index is 2.45. The molecule has 0 spiro atoms. The van der Waals surface area contributed by atoms with Gasteiger partial charge in [-0.25, -0.2) is 0 Å². The Morgan fingerprint density at radius 3 is 1.73 bits per heavy atom. The van der Waals surface area contributed by atoms with E-state index in [1.54, 1.807) is 21.3 Å². The van der Waals surface area contributed by atoms with Crippen molar-refractivity contribution in [1.82, 2.24) is 4.57 Å². The van der Waals surface area contributed by atoms with Crippen molar-refractivity contribution in [3.63, 3.8) is 0 Å². The van der Waals surface area contributed by atoms with Gasteiger partial charge in [-0.3, -0.25) is 4.57 Å². The summed E-state index contributed by atoms with van der Waals surface area (Å²) in [5, 5.41) is 2.29. The van der Waals surface area contributed by atoms with E-state index in [1.165, 1.54) is 0 Å². The Hall–Kier alpha value is -1.66. The van der Waals surface area contributed by atoms with Crippen LogP contribution in [0, 0.1) is 0 Å². The Labute approximate surface area is 133 Å². The average Bonchev–Trinajstić information content (AvgIpc) is 2.92. The van der Waals surface area contributed by atoms with Crippen LogP contribution in [0.2, 0.25) is 0 Å². The maximum absolute atomic E-state index is 5.77. The SMILES string of the molecule is COC([Si])C(OC)(OC)n1c2ccccc2c2ccccc21. The summed E-state index contributed by atoms with van der Waals surface area (Å²) in [4.78, 5) is 0. The van der Waals surface area contributed by atoms with E-state index >= 15 is 0 Å². The zero-order chi connectivity index (χ0) is 15.7. The van der Waals surface area contributed by atoms with Crippen LogP contribution in [0.4, 0.5) is 0 Å². The number of benzene rings is 2. The third-order valence-corrected chi connectivity index (χ3v) is 4.64. The molecule has 5 heteroatoms.